The van der Waals surface area contributed by atoms with Crippen LogP contribution in [0.5, 0.6) is 0 Å². The van der Waals surface area contributed by atoms with E-state index < -0.39 is 66.1 Å². The second-order valence-electron chi connectivity index (χ2n) is 13.5. The molecule has 0 spiro atoms. The number of hydrogen-bond acceptors (Lipinski definition) is 12. The number of aliphatic hydroxyl groups excluding tert-OH is 2. The van der Waals surface area contributed by atoms with Crippen molar-refractivity contribution in [3.8, 4) is 0 Å². The number of rotatable bonds is 12. The summed E-state index contributed by atoms with van der Waals surface area (Å²) in [5.74, 6) is -0.158. The molecule has 0 aromatic carbocycles. The summed E-state index contributed by atoms with van der Waals surface area (Å²) in [5, 5.41) is 40.9. The second kappa shape index (κ2) is 14.9. The van der Waals surface area contributed by atoms with Gasteiger partial charge in [-0.25, -0.2) is 0 Å². The van der Waals surface area contributed by atoms with Gasteiger partial charge in [-0.05, 0) is 66.0 Å². The molecular formula is C29H57N5O8. The van der Waals surface area contributed by atoms with Crippen molar-refractivity contribution in [2.75, 3.05) is 20.7 Å². The lowest BCUT2D eigenvalue weighted by atomic mass is 9.82. The largest absolute Gasteiger partial charge is 0.393 e. The SMILES string of the molecule is CNC(C)C1CCC(N)C(OC2CC(OC3OCC(C)(O)C(NC)C3O)C(N)CC2NC(=O)CCC(C)(C)C(C)O)O1. The van der Waals surface area contributed by atoms with Gasteiger partial charge in [-0.1, -0.05) is 13.8 Å². The molecule has 13 unspecified atom stereocenters. The molecule has 2 aliphatic heterocycles. The molecule has 10 N–H and O–H groups in total. The first-order valence-corrected chi connectivity index (χ1v) is 15.4. The molecule has 13 heteroatoms. The molecule has 13 atom stereocenters. The number of nitrogens with two attached hydrogens (primary N) is 2. The van der Waals surface area contributed by atoms with E-state index in [9.17, 15) is 20.1 Å². The molecule has 0 bridgehead atoms. The summed E-state index contributed by atoms with van der Waals surface area (Å²) in [5.41, 5.74) is 11.3. The van der Waals surface area contributed by atoms with Crippen molar-refractivity contribution < 1.29 is 39.1 Å². The number of likely N-dealkylation sites (N-methyl/N-ethyl adjacent to an activating group) is 2. The van der Waals surface area contributed by atoms with Crippen LogP contribution < -0.4 is 27.4 Å². The lowest BCUT2D eigenvalue weighted by Crippen LogP contribution is -2.66. The number of aliphatic hydroxyl groups is 3. The summed E-state index contributed by atoms with van der Waals surface area (Å²) in [7, 11) is 3.54. The van der Waals surface area contributed by atoms with Crippen molar-refractivity contribution in [2.24, 2.45) is 16.9 Å². The lowest BCUT2D eigenvalue weighted by Gasteiger charge is -2.47. The molecule has 1 saturated carbocycles. The predicted octanol–water partition coefficient (Wildman–Crippen LogP) is -0.954. The minimum atomic E-state index is -1.28. The van der Waals surface area contributed by atoms with Gasteiger partial charge in [0.15, 0.2) is 12.6 Å². The van der Waals surface area contributed by atoms with Crippen molar-refractivity contribution in [2.45, 2.75) is 152 Å². The standard InChI is InChI=1S/C29H57N5O8/c1-15(32-6)20-9-8-17(30)26(40-20)42-22-13-21(41-27-24(37)25(33-7)29(5,38)14-39-27)18(31)12-19(22)34-23(36)10-11-28(3,4)16(2)35/h15-22,24-27,32-33,35,37-38H,8-14,30-31H2,1-7H3,(H,34,36). The van der Waals surface area contributed by atoms with Crippen LogP contribution in [0.15, 0.2) is 0 Å². The normalized spacial score (nSPS) is 41.2. The summed E-state index contributed by atoms with van der Waals surface area (Å²) in [6, 6.07) is -1.82. The predicted molar refractivity (Wildman–Crippen MR) is 157 cm³/mol. The summed E-state index contributed by atoms with van der Waals surface area (Å²) in [4.78, 5) is 13.1. The van der Waals surface area contributed by atoms with E-state index in [2.05, 4.69) is 16.0 Å². The van der Waals surface area contributed by atoms with E-state index in [1.165, 1.54) is 0 Å². The highest BCUT2D eigenvalue weighted by Gasteiger charge is 2.49. The molecule has 0 radical (unpaired) electrons. The topological polar surface area (TPSA) is 203 Å². The number of carbonyl (C=O) groups excluding carboxylic acids is 1. The molecule has 3 aliphatic rings. The van der Waals surface area contributed by atoms with Gasteiger partial charge in [0.2, 0.25) is 5.91 Å². The first kappa shape index (κ1) is 35.5. The fraction of sp³-hybridized carbons (Fsp3) is 0.966. The van der Waals surface area contributed by atoms with Crippen molar-refractivity contribution in [3.05, 3.63) is 0 Å². The minimum Gasteiger partial charge on any atom is -0.393 e. The Kier molecular flexibility index (Phi) is 12.6. The van der Waals surface area contributed by atoms with Gasteiger partial charge in [0.25, 0.3) is 0 Å². The van der Waals surface area contributed by atoms with Crippen LogP contribution in [0.25, 0.3) is 0 Å². The second-order valence-corrected chi connectivity index (χ2v) is 13.5. The van der Waals surface area contributed by atoms with E-state index in [1.807, 2.05) is 27.8 Å². The van der Waals surface area contributed by atoms with E-state index in [1.54, 1.807) is 20.9 Å². The van der Waals surface area contributed by atoms with E-state index in [0.717, 1.165) is 12.8 Å². The molecule has 42 heavy (non-hydrogen) atoms. The molecule has 2 saturated heterocycles. The Bertz CT molecular complexity index is 864. The van der Waals surface area contributed by atoms with Crippen molar-refractivity contribution in [3.63, 3.8) is 0 Å². The van der Waals surface area contributed by atoms with Gasteiger partial charge in [-0.3, -0.25) is 4.79 Å². The number of hydrogen-bond donors (Lipinski definition) is 8. The highest BCUT2D eigenvalue weighted by molar-refractivity contribution is 5.76. The van der Waals surface area contributed by atoms with Gasteiger partial charge in [-0.2, -0.15) is 0 Å². The van der Waals surface area contributed by atoms with Gasteiger partial charge >= 0.3 is 0 Å². The molecule has 246 valence electrons. The third-order valence-electron chi connectivity index (χ3n) is 9.61. The summed E-state index contributed by atoms with van der Waals surface area (Å²) in [6.45, 7) is 9.20. The van der Waals surface area contributed by atoms with Gasteiger partial charge in [0, 0.05) is 24.9 Å². The number of carbonyl (C=O) groups is 1. The Hall–Kier alpha value is -0.970. The van der Waals surface area contributed by atoms with Gasteiger partial charge in [0.1, 0.15) is 11.7 Å². The van der Waals surface area contributed by atoms with E-state index in [0.29, 0.717) is 19.3 Å². The molecule has 3 rings (SSSR count). The molecular weight excluding hydrogens is 546 g/mol. The molecule has 3 fully saturated rings. The quantitative estimate of drug-likeness (QED) is 0.136. The van der Waals surface area contributed by atoms with Gasteiger partial charge < -0.3 is 61.7 Å². The zero-order chi connectivity index (χ0) is 31.4. The molecule has 1 amide bonds. The highest BCUT2D eigenvalue weighted by atomic mass is 16.7. The fourth-order valence-corrected chi connectivity index (χ4v) is 5.98. The van der Waals surface area contributed by atoms with Crippen LogP contribution in [0.3, 0.4) is 0 Å². The fourth-order valence-electron chi connectivity index (χ4n) is 5.98. The maximum Gasteiger partial charge on any atom is 0.220 e. The zero-order valence-electron chi connectivity index (χ0n) is 26.4. The van der Waals surface area contributed by atoms with Gasteiger partial charge in [0.05, 0.1) is 49.1 Å². The third-order valence-corrected chi connectivity index (χ3v) is 9.61. The Balaban J connectivity index is 1.74. The average Bonchev–Trinajstić information content (AvgIpc) is 2.92. The van der Waals surface area contributed by atoms with Crippen molar-refractivity contribution >= 4 is 5.91 Å². The lowest BCUT2D eigenvalue weighted by molar-refractivity contribution is -0.291. The van der Waals surface area contributed by atoms with Crippen LogP contribution in [0.2, 0.25) is 0 Å². The smallest absolute Gasteiger partial charge is 0.220 e. The number of nitrogens with one attached hydrogen (secondary N) is 3. The zero-order valence-corrected chi connectivity index (χ0v) is 26.4. The van der Waals surface area contributed by atoms with E-state index in [4.69, 9.17) is 30.4 Å². The summed E-state index contributed by atoms with van der Waals surface area (Å²) < 4.78 is 24.7. The maximum absolute atomic E-state index is 13.1. The van der Waals surface area contributed by atoms with Crippen LogP contribution in [0.4, 0.5) is 0 Å². The molecule has 13 nitrogen and oxygen atoms in total. The van der Waals surface area contributed by atoms with Crippen LogP contribution in [-0.4, -0.2) is 121 Å². The van der Waals surface area contributed by atoms with E-state index >= 15 is 0 Å². The Morgan fingerprint density at radius 2 is 1.76 bits per heavy atom. The van der Waals surface area contributed by atoms with Crippen molar-refractivity contribution in [1.29, 1.82) is 0 Å². The van der Waals surface area contributed by atoms with Crippen molar-refractivity contribution in [1.82, 2.24) is 16.0 Å². The Labute approximate surface area is 250 Å². The van der Waals surface area contributed by atoms with Crippen LogP contribution in [0, 0.1) is 5.41 Å². The first-order valence-electron chi connectivity index (χ1n) is 15.4. The Morgan fingerprint density at radius 3 is 2.38 bits per heavy atom. The molecule has 0 aromatic heterocycles. The molecule has 0 aromatic rings. The number of ether oxygens (including phenoxy) is 4. The number of amides is 1. The monoisotopic (exact) mass is 603 g/mol. The summed E-state index contributed by atoms with van der Waals surface area (Å²) >= 11 is 0. The third kappa shape index (κ3) is 8.81. The van der Waals surface area contributed by atoms with Crippen LogP contribution in [-0.2, 0) is 23.7 Å². The molecule has 2 heterocycles. The van der Waals surface area contributed by atoms with E-state index in [-0.39, 0.29) is 37.1 Å². The molecule has 1 aliphatic carbocycles. The van der Waals surface area contributed by atoms with Gasteiger partial charge in [-0.15, -0.1) is 0 Å². The Morgan fingerprint density at radius 1 is 1.10 bits per heavy atom. The average molecular weight is 604 g/mol. The highest BCUT2D eigenvalue weighted by Crippen LogP contribution is 2.33. The minimum absolute atomic E-state index is 0.0284. The van der Waals surface area contributed by atoms with Crippen LogP contribution in [0.1, 0.15) is 73.1 Å². The first-order chi connectivity index (χ1) is 19.6. The van der Waals surface area contributed by atoms with Crippen LogP contribution >= 0.6 is 0 Å². The maximum atomic E-state index is 13.1. The summed E-state index contributed by atoms with van der Waals surface area (Å²) in [6.07, 6.45) is -1.62.